The van der Waals surface area contributed by atoms with Crippen LogP contribution in [0.2, 0.25) is 10.0 Å². The fraction of sp³-hybridized carbons (Fsp3) is 0.364. The number of hydrogen-bond acceptors (Lipinski definition) is 2. The van der Waals surface area contributed by atoms with E-state index in [9.17, 15) is 9.90 Å². The van der Waals surface area contributed by atoms with Crippen molar-refractivity contribution in [1.82, 2.24) is 0 Å². The normalized spacial score (nSPS) is 14.7. The molecule has 1 rings (SSSR count). The molecule has 0 aliphatic rings. The van der Waals surface area contributed by atoms with Crippen molar-refractivity contribution in [2.24, 2.45) is 5.92 Å². The largest absolute Gasteiger partial charge is 0.388 e. The van der Waals surface area contributed by atoms with Crippen molar-refractivity contribution >= 4 is 29.5 Å². The van der Waals surface area contributed by atoms with Gasteiger partial charge in [0.1, 0.15) is 6.29 Å². The SMILES string of the molecule is CC(C=O)CC(O)c1ccc(Cl)cc1Cl. The van der Waals surface area contributed by atoms with E-state index in [0.29, 0.717) is 22.0 Å². The molecule has 0 aromatic heterocycles. The van der Waals surface area contributed by atoms with E-state index in [1.807, 2.05) is 0 Å². The summed E-state index contributed by atoms with van der Waals surface area (Å²) in [6, 6.07) is 4.91. The molecule has 0 saturated heterocycles. The zero-order valence-electron chi connectivity index (χ0n) is 8.28. The summed E-state index contributed by atoms with van der Waals surface area (Å²) in [5.74, 6) is -0.188. The number of carbonyl (C=O) groups is 1. The van der Waals surface area contributed by atoms with Crippen molar-refractivity contribution in [3.63, 3.8) is 0 Å². The molecule has 0 spiro atoms. The van der Waals surface area contributed by atoms with Gasteiger partial charge in [0.2, 0.25) is 0 Å². The van der Waals surface area contributed by atoms with Crippen molar-refractivity contribution in [1.29, 1.82) is 0 Å². The molecule has 0 radical (unpaired) electrons. The lowest BCUT2D eigenvalue weighted by Gasteiger charge is -2.14. The fourth-order valence-corrected chi connectivity index (χ4v) is 1.84. The molecule has 1 N–H and O–H groups in total. The number of carbonyl (C=O) groups excluding carboxylic acids is 1. The maximum Gasteiger partial charge on any atom is 0.122 e. The van der Waals surface area contributed by atoms with Crippen LogP contribution in [0.4, 0.5) is 0 Å². The van der Waals surface area contributed by atoms with Crippen LogP contribution in [0.25, 0.3) is 0 Å². The highest BCUT2D eigenvalue weighted by Crippen LogP contribution is 2.29. The summed E-state index contributed by atoms with van der Waals surface area (Å²) in [6.45, 7) is 1.75. The van der Waals surface area contributed by atoms with Crippen LogP contribution in [0.1, 0.15) is 25.0 Å². The standard InChI is InChI=1S/C11H12Cl2O2/c1-7(6-14)4-11(15)9-3-2-8(12)5-10(9)13/h2-3,5-7,11,15H,4H2,1H3. The number of halogens is 2. The molecule has 0 bridgehead atoms. The maximum atomic E-state index is 10.4. The lowest BCUT2D eigenvalue weighted by molar-refractivity contribution is -0.111. The van der Waals surface area contributed by atoms with E-state index >= 15 is 0 Å². The van der Waals surface area contributed by atoms with Gasteiger partial charge in [-0.15, -0.1) is 0 Å². The Morgan fingerprint density at radius 2 is 2.13 bits per heavy atom. The number of aliphatic hydroxyl groups excluding tert-OH is 1. The third-order valence-electron chi connectivity index (χ3n) is 2.15. The van der Waals surface area contributed by atoms with E-state index in [1.165, 1.54) is 0 Å². The average Bonchev–Trinajstić information content (AvgIpc) is 2.17. The molecule has 15 heavy (non-hydrogen) atoms. The molecule has 1 aromatic carbocycles. The number of rotatable bonds is 4. The molecule has 2 atom stereocenters. The van der Waals surface area contributed by atoms with E-state index < -0.39 is 6.10 Å². The second kappa shape index (κ2) is 5.50. The number of hydrogen-bond donors (Lipinski definition) is 1. The third-order valence-corrected chi connectivity index (χ3v) is 2.71. The minimum atomic E-state index is -0.727. The molecule has 0 saturated carbocycles. The quantitative estimate of drug-likeness (QED) is 0.829. The molecule has 0 amide bonds. The molecule has 82 valence electrons. The van der Waals surface area contributed by atoms with Gasteiger partial charge >= 0.3 is 0 Å². The van der Waals surface area contributed by atoms with Crippen LogP contribution in [-0.4, -0.2) is 11.4 Å². The second-order valence-electron chi connectivity index (χ2n) is 3.53. The van der Waals surface area contributed by atoms with E-state index in [4.69, 9.17) is 23.2 Å². The molecule has 0 fully saturated rings. The lowest BCUT2D eigenvalue weighted by Crippen LogP contribution is -2.05. The van der Waals surface area contributed by atoms with E-state index in [2.05, 4.69) is 0 Å². The van der Waals surface area contributed by atoms with Crippen LogP contribution < -0.4 is 0 Å². The van der Waals surface area contributed by atoms with E-state index in [1.54, 1.807) is 25.1 Å². The molecule has 0 aliphatic heterocycles. The van der Waals surface area contributed by atoms with Crippen molar-refractivity contribution in [3.8, 4) is 0 Å². The Balaban J connectivity index is 2.81. The van der Waals surface area contributed by atoms with Crippen LogP contribution in [0, 0.1) is 5.92 Å². The van der Waals surface area contributed by atoms with Gasteiger partial charge in [0.25, 0.3) is 0 Å². The van der Waals surface area contributed by atoms with Crippen molar-refractivity contribution in [2.45, 2.75) is 19.4 Å². The van der Waals surface area contributed by atoms with Crippen LogP contribution in [0.5, 0.6) is 0 Å². The van der Waals surface area contributed by atoms with Gasteiger partial charge in [0.15, 0.2) is 0 Å². The van der Waals surface area contributed by atoms with Crippen LogP contribution in [0.3, 0.4) is 0 Å². The zero-order chi connectivity index (χ0) is 11.4. The highest BCUT2D eigenvalue weighted by atomic mass is 35.5. The highest BCUT2D eigenvalue weighted by molar-refractivity contribution is 6.35. The number of aliphatic hydroxyl groups is 1. The first-order chi connectivity index (χ1) is 7.04. The van der Waals surface area contributed by atoms with Gasteiger partial charge in [-0.25, -0.2) is 0 Å². The molecule has 2 unspecified atom stereocenters. The summed E-state index contributed by atoms with van der Waals surface area (Å²) in [7, 11) is 0. The van der Waals surface area contributed by atoms with Gasteiger partial charge in [0.05, 0.1) is 6.10 Å². The van der Waals surface area contributed by atoms with E-state index in [0.717, 1.165) is 6.29 Å². The Labute approximate surface area is 98.8 Å². The summed E-state index contributed by atoms with van der Waals surface area (Å²) in [5.41, 5.74) is 0.606. The van der Waals surface area contributed by atoms with Gasteiger partial charge in [0, 0.05) is 16.0 Å². The number of aldehydes is 1. The Kier molecular flexibility index (Phi) is 4.58. The van der Waals surface area contributed by atoms with Crippen LogP contribution in [-0.2, 0) is 4.79 Å². The average molecular weight is 247 g/mol. The van der Waals surface area contributed by atoms with Crippen LogP contribution >= 0.6 is 23.2 Å². The van der Waals surface area contributed by atoms with Gasteiger partial charge in [-0.05, 0) is 24.1 Å². The van der Waals surface area contributed by atoms with Crippen LogP contribution in [0.15, 0.2) is 18.2 Å². The van der Waals surface area contributed by atoms with E-state index in [-0.39, 0.29) is 5.92 Å². The first-order valence-corrected chi connectivity index (χ1v) is 5.38. The molecule has 0 aliphatic carbocycles. The van der Waals surface area contributed by atoms with Gasteiger partial charge in [-0.3, -0.25) is 0 Å². The summed E-state index contributed by atoms with van der Waals surface area (Å²) in [5, 5.41) is 10.8. The minimum absolute atomic E-state index is 0.188. The Morgan fingerprint density at radius 1 is 1.47 bits per heavy atom. The maximum absolute atomic E-state index is 10.4. The smallest absolute Gasteiger partial charge is 0.122 e. The predicted octanol–water partition coefficient (Wildman–Crippen LogP) is 3.25. The summed E-state index contributed by atoms with van der Waals surface area (Å²) in [4.78, 5) is 10.4. The molecule has 2 nitrogen and oxygen atoms in total. The van der Waals surface area contributed by atoms with Gasteiger partial charge in [-0.2, -0.15) is 0 Å². The monoisotopic (exact) mass is 246 g/mol. The second-order valence-corrected chi connectivity index (χ2v) is 4.37. The topological polar surface area (TPSA) is 37.3 Å². The van der Waals surface area contributed by atoms with Crippen molar-refractivity contribution in [3.05, 3.63) is 33.8 Å². The Hall–Kier alpha value is -0.570. The van der Waals surface area contributed by atoms with Crippen molar-refractivity contribution in [2.75, 3.05) is 0 Å². The highest BCUT2D eigenvalue weighted by Gasteiger charge is 2.14. The molecule has 4 heteroatoms. The predicted molar refractivity (Wildman–Crippen MR) is 61.3 cm³/mol. The molecule has 0 heterocycles. The molecular formula is C11H12Cl2O2. The molecule has 1 aromatic rings. The van der Waals surface area contributed by atoms with Gasteiger partial charge in [-0.1, -0.05) is 36.2 Å². The first-order valence-electron chi connectivity index (χ1n) is 4.63. The molecular weight excluding hydrogens is 235 g/mol. The fourth-order valence-electron chi connectivity index (χ4n) is 1.31. The zero-order valence-corrected chi connectivity index (χ0v) is 9.79. The van der Waals surface area contributed by atoms with Gasteiger partial charge < -0.3 is 9.90 Å². The summed E-state index contributed by atoms with van der Waals surface area (Å²) in [6.07, 6.45) is 0.452. The minimum Gasteiger partial charge on any atom is -0.388 e. The Morgan fingerprint density at radius 3 is 2.67 bits per heavy atom. The van der Waals surface area contributed by atoms with Crippen molar-refractivity contribution < 1.29 is 9.90 Å². The third kappa shape index (κ3) is 3.49. The lowest BCUT2D eigenvalue weighted by atomic mass is 9.99. The first kappa shape index (κ1) is 12.5. The summed E-state index contributed by atoms with van der Waals surface area (Å²) >= 11 is 11.7. The summed E-state index contributed by atoms with van der Waals surface area (Å²) < 4.78 is 0. The Bertz CT molecular complexity index is 352. The number of benzene rings is 1.